The van der Waals surface area contributed by atoms with Crippen molar-refractivity contribution in [2.45, 2.75) is 58.9 Å². The van der Waals surface area contributed by atoms with E-state index in [-0.39, 0.29) is 23.9 Å². The lowest BCUT2D eigenvalue weighted by Gasteiger charge is -2.23. The summed E-state index contributed by atoms with van der Waals surface area (Å²) in [6.07, 6.45) is 0.824. The fourth-order valence-electron chi connectivity index (χ4n) is 3.80. The second-order valence-corrected chi connectivity index (χ2v) is 11.0. The van der Waals surface area contributed by atoms with E-state index < -0.39 is 11.0 Å². The molecule has 2 atom stereocenters. The van der Waals surface area contributed by atoms with Crippen molar-refractivity contribution in [3.8, 4) is 17.1 Å². The number of hydrogen-bond acceptors (Lipinski definition) is 6. The van der Waals surface area contributed by atoms with Gasteiger partial charge in [-0.05, 0) is 61.4 Å². The maximum atomic E-state index is 12.9. The van der Waals surface area contributed by atoms with Crippen molar-refractivity contribution in [1.82, 2.24) is 9.97 Å². The summed E-state index contributed by atoms with van der Waals surface area (Å²) in [7, 11) is -1.51. The third-order valence-electron chi connectivity index (χ3n) is 5.15. The van der Waals surface area contributed by atoms with Crippen LogP contribution in [0.5, 0.6) is 5.88 Å². The summed E-state index contributed by atoms with van der Waals surface area (Å²) in [6, 6.07) is 15.3. The van der Waals surface area contributed by atoms with Crippen molar-refractivity contribution in [1.29, 1.82) is 0 Å². The molecule has 4 N–H and O–H groups in total. The highest BCUT2D eigenvalue weighted by molar-refractivity contribution is 7.86. The van der Waals surface area contributed by atoms with Gasteiger partial charge in [0.15, 0.2) is 11.0 Å². The van der Waals surface area contributed by atoms with E-state index in [0.717, 1.165) is 28.7 Å². The Labute approximate surface area is 215 Å². The van der Waals surface area contributed by atoms with Gasteiger partial charge in [-0.15, -0.1) is 0 Å². The van der Waals surface area contributed by atoms with E-state index in [1.165, 1.54) is 0 Å². The Morgan fingerprint density at radius 2 is 1.69 bits per heavy atom. The number of carboxylic acid groups (broad SMARTS) is 1. The van der Waals surface area contributed by atoms with Gasteiger partial charge in [-0.1, -0.05) is 51.1 Å². The number of benzene rings is 2. The number of nitrogens with one attached hydrogen (secondary N) is 1. The average molecular weight is 513 g/mol. The van der Waals surface area contributed by atoms with Gasteiger partial charge in [0.05, 0.1) is 10.6 Å². The summed E-state index contributed by atoms with van der Waals surface area (Å²) in [4.78, 5) is 18.2. The lowest BCUT2D eigenvalue weighted by molar-refractivity contribution is -0.122. The first-order chi connectivity index (χ1) is 16.9. The molecule has 3 rings (SSSR count). The molecule has 8 nitrogen and oxygen atoms in total. The van der Waals surface area contributed by atoms with Crippen LogP contribution in [-0.2, 0) is 15.8 Å². The smallest absolute Gasteiger partial charge is 0.290 e. The molecule has 0 amide bonds. The summed E-state index contributed by atoms with van der Waals surface area (Å²) in [6.45, 7) is 12.6. The molecule has 9 heteroatoms. The number of rotatable bonds is 8. The van der Waals surface area contributed by atoms with Crippen molar-refractivity contribution in [3.63, 3.8) is 0 Å². The Hall–Kier alpha value is -3.30. The minimum absolute atomic E-state index is 0.106. The van der Waals surface area contributed by atoms with Crippen molar-refractivity contribution in [3.05, 3.63) is 65.2 Å². The molecular formula is C27H36N4O4S. The molecule has 36 heavy (non-hydrogen) atoms. The van der Waals surface area contributed by atoms with Crippen LogP contribution in [0.3, 0.4) is 0 Å². The minimum Gasteiger partial charge on any atom is -0.483 e. The normalized spacial score (nSPS) is 12.6. The zero-order valence-electron chi connectivity index (χ0n) is 21.7. The van der Waals surface area contributed by atoms with E-state index in [0.29, 0.717) is 23.1 Å². The molecule has 1 aromatic heterocycles. The van der Waals surface area contributed by atoms with Crippen LogP contribution in [0.25, 0.3) is 11.3 Å². The Balaban J connectivity index is 0.00000145. The van der Waals surface area contributed by atoms with Gasteiger partial charge in [0.2, 0.25) is 11.8 Å². The minimum atomic E-state index is -1.51. The Bertz CT molecular complexity index is 1170. The third-order valence-corrected chi connectivity index (χ3v) is 6.20. The topological polar surface area (TPSA) is 127 Å². The lowest BCUT2D eigenvalue weighted by atomic mass is 9.89. The van der Waals surface area contributed by atoms with Crippen LogP contribution >= 0.6 is 0 Å². The van der Waals surface area contributed by atoms with Gasteiger partial charge in [0.1, 0.15) is 6.61 Å². The van der Waals surface area contributed by atoms with Gasteiger partial charge >= 0.3 is 0 Å². The van der Waals surface area contributed by atoms with E-state index in [4.69, 9.17) is 20.4 Å². The second-order valence-electron chi connectivity index (χ2n) is 9.81. The molecule has 0 aliphatic carbocycles. The number of nitrogens with zero attached hydrogens (tertiary/aromatic N) is 2. The van der Waals surface area contributed by atoms with Crippen LogP contribution in [-0.4, -0.2) is 38.4 Å². The molecule has 2 unspecified atom stereocenters. The van der Waals surface area contributed by atoms with Gasteiger partial charge in [0, 0.05) is 17.7 Å². The third kappa shape index (κ3) is 9.05. The molecule has 0 spiro atoms. The number of ether oxygens (including phenoxy) is 1. The van der Waals surface area contributed by atoms with Crippen LogP contribution in [0, 0.1) is 26.2 Å². The zero-order chi connectivity index (χ0) is 26.9. The molecule has 0 fully saturated rings. The van der Waals surface area contributed by atoms with Crippen LogP contribution in [0.1, 0.15) is 43.9 Å². The van der Waals surface area contributed by atoms with Crippen molar-refractivity contribution < 1.29 is 18.8 Å². The second kappa shape index (κ2) is 13.1. The number of carbonyl (C=O) groups is 1. The number of aromatic nitrogens is 2. The Morgan fingerprint density at radius 3 is 2.28 bits per heavy atom. The predicted octanol–water partition coefficient (Wildman–Crippen LogP) is 5.05. The van der Waals surface area contributed by atoms with Crippen LogP contribution in [0.4, 0.5) is 5.95 Å². The monoisotopic (exact) mass is 512 g/mol. The Morgan fingerprint density at radius 1 is 1.08 bits per heavy atom. The average Bonchev–Trinajstić information content (AvgIpc) is 2.77. The van der Waals surface area contributed by atoms with Gasteiger partial charge in [-0.2, -0.15) is 4.98 Å². The molecule has 0 aliphatic heterocycles. The number of anilines is 1. The standard InChI is InChI=1S/C26H34N4O2S.CH2O2/c1-17-9-7-12-21(13-17)33(31)30-25-28-22(24-18(2)10-8-11-19(24)3)14-23(29-25)32-16-20(27)15-26(4,5)6;2-1-3/h7-14,20H,15-16,27H2,1-6H3,(H,28,29,30);1H,(H,2,3). The van der Waals surface area contributed by atoms with Crippen molar-refractivity contribution in [2.75, 3.05) is 11.3 Å². The first-order valence-electron chi connectivity index (χ1n) is 11.6. The highest BCUT2D eigenvalue weighted by Crippen LogP contribution is 2.29. The fraction of sp³-hybridized carbons (Fsp3) is 0.370. The van der Waals surface area contributed by atoms with Gasteiger partial charge in [0.25, 0.3) is 6.47 Å². The predicted molar refractivity (Wildman–Crippen MR) is 144 cm³/mol. The first kappa shape index (κ1) is 28.9. The highest BCUT2D eigenvalue weighted by Gasteiger charge is 2.18. The quantitative estimate of drug-likeness (QED) is 0.361. The molecule has 0 radical (unpaired) electrons. The largest absolute Gasteiger partial charge is 0.483 e. The van der Waals surface area contributed by atoms with Crippen molar-refractivity contribution in [2.24, 2.45) is 11.1 Å². The van der Waals surface area contributed by atoms with Crippen LogP contribution < -0.4 is 15.2 Å². The summed E-state index contributed by atoms with van der Waals surface area (Å²) < 4.78 is 21.9. The number of hydrogen-bond donors (Lipinski definition) is 3. The van der Waals surface area contributed by atoms with E-state index in [2.05, 4.69) is 35.5 Å². The molecular weight excluding hydrogens is 476 g/mol. The number of aryl methyl sites for hydroxylation is 3. The molecule has 194 valence electrons. The SMILES string of the molecule is Cc1cccc(S(=O)Nc2nc(OCC(N)CC(C)(C)C)cc(-c3c(C)cccc3C)n2)c1.O=CO. The molecule has 0 saturated heterocycles. The lowest BCUT2D eigenvalue weighted by Crippen LogP contribution is -2.32. The fourth-order valence-corrected chi connectivity index (χ4v) is 4.67. The Kier molecular flexibility index (Phi) is 10.6. The van der Waals surface area contributed by atoms with E-state index in [1.54, 1.807) is 0 Å². The molecule has 2 aromatic carbocycles. The number of nitrogens with two attached hydrogens (primary N) is 1. The maximum absolute atomic E-state index is 12.9. The zero-order valence-corrected chi connectivity index (χ0v) is 22.6. The van der Waals surface area contributed by atoms with E-state index in [1.807, 2.05) is 69.3 Å². The molecule has 0 saturated carbocycles. The van der Waals surface area contributed by atoms with Crippen LogP contribution in [0.2, 0.25) is 0 Å². The van der Waals surface area contributed by atoms with E-state index in [9.17, 15) is 4.21 Å². The van der Waals surface area contributed by atoms with Crippen molar-refractivity contribution >= 4 is 23.4 Å². The van der Waals surface area contributed by atoms with Crippen LogP contribution in [0.15, 0.2) is 53.4 Å². The van der Waals surface area contributed by atoms with Gasteiger partial charge in [-0.25, -0.2) is 9.19 Å². The van der Waals surface area contributed by atoms with Gasteiger partial charge < -0.3 is 15.6 Å². The first-order valence-corrected chi connectivity index (χ1v) is 12.8. The summed E-state index contributed by atoms with van der Waals surface area (Å²) in [5.41, 5.74) is 11.3. The molecule has 3 aromatic rings. The molecule has 0 aliphatic rings. The van der Waals surface area contributed by atoms with E-state index >= 15 is 0 Å². The molecule has 0 bridgehead atoms. The van der Waals surface area contributed by atoms with Gasteiger partial charge in [-0.3, -0.25) is 9.52 Å². The summed E-state index contributed by atoms with van der Waals surface area (Å²) in [5.74, 6) is 0.644. The molecule has 1 heterocycles. The maximum Gasteiger partial charge on any atom is 0.290 e. The summed E-state index contributed by atoms with van der Waals surface area (Å²) in [5, 5.41) is 6.89. The summed E-state index contributed by atoms with van der Waals surface area (Å²) >= 11 is 0. The highest BCUT2D eigenvalue weighted by atomic mass is 32.2.